The van der Waals surface area contributed by atoms with E-state index in [4.69, 9.17) is 4.74 Å². The highest BCUT2D eigenvalue weighted by atomic mass is 19.3. The van der Waals surface area contributed by atoms with Crippen LogP contribution in [-0.4, -0.2) is 41.4 Å². The molecule has 0 spiro atoms. The van der Waals surface area contributed by atoms with E-state index in [0.717, 1.165) is 30.5 Å². The fourth-order valence-corrected chi connectivity index (χ4v) is 3.94. The number of alkyl halides is 2. The minimum absolute atomic E-state index is 0.0731. The fraction of sp³-hybridized carbons (Fsp3) is 0.304. The number of methoxy groups -OCH3 is 1. The van der Waals surface area contributed by atoms with Gasteiger partial charge in [0.15, 0.2) is 17.2 Å². The van der Waals surface area contributed by atoms with E-state index in [0.29, 0.717) is 16.9 Å². The van der Waals surface area contributed by atoms with Crippen LogP contribution in [0.2, 0.25) is 0 Å². The number of amides is 1. The highest BCUT2D eigenvalue weighted by Gasteiger charge is 2.28. The lowest BCUT2D eigenvalue weighted by Gasteiger charge is -2.18. The maximum Gasteiger partial charge on any atom is 0.387 e. The van der Waals surface area contributed by atoms with Gasteiger partial charge in [0.1, 0.15) is 5.82 Å². The van der Waals surface area contributed by atoms with Crippen LogP contribution in [0.1, 0.15) is 33.7 Å². The molecule has 0 saturated heterocycles. The minimum atomic E-state index is -2.96. The average Bonchev–Trinajstić information content (AvgIpc) is 3.37. The standard InChI is InChI=1S/C23H22F3N3O3/c1-28(13-14-6-11-19(32-23(25)26)20(12-14)31-2)22(30)21-17-4-3-5-18(17)29(27-21)16-9-7-15(24)8-10-16/h6-12,23H,3-5,13H2,1-2H3. The first-order valence-electron chi connectivity index (χ1n) is 10.1. The van der Waals surface area contributed by atoms with Crippen LogP contribution in [-0.2, 0) is 19.4 Å². The van der Waals surface area contributed by atoms with E-state index in [9.17, 15) is 18.0 Å². The van der Waals surface area contributed by atoms with Gasteiger partial charge in [-0.15, -0.1) is 0 Å². The van der Waals surface area contributed by atoms with Crippen LogP contribution in [0, 0.1) is 5.82 Å². The summed E-state index contributed by atoms with van der Waals surface area (Å²) in [6.07, 6.45) is 2.46. The van der Waals surface area contributed by atoms with E-state index in [1.54, 1.807) is 36.0 Å². The Labute approximate surface area is 183 Å². The Morgan fingerprint density at radius 1 is 1.16 bits per heavy atom. The van der Waals surface area contributed by atoms with Crippen LogP contribution < -0.4 is 9.47 Å². The lowest BCUT2D eigenvalue weighted by atomic mass is 10.1. The van der Waals surface area contributed by atoms with Crippen molar-refractivity contribution in [3.8, 4) is 17.2 Å². The SMILES string of the molecule is COc1cc(CN(C)C(=O)c2nn(-c3ccc(F)cc3)c3c2CCC3)ccc1OC(F)F. The van der Waals surface area contributed by atoms with E-state index < -0.39 is 6.61 Å². The number of ether oxygens (including phenoxy) is 2. The first-order chi connectivity index (χ1) is 15.4. The smallest absolute Gasteiger partial charge is 0.387 e. The number of benzene rings is 2. The van der Waals surface area contributed by atoms with E-state index in [1.807, 2.05) is 0 Å². The summed E-state index contributed by atoms with van der Waals surface area (Å²) in [5, 5.41) is 4.55. The third-order valence-electron chi connectivity index (χ3n) is 5.41. The zero-order valence-electron chi connectivity index (χ0n) is 17.6. The number of nitrogens with zero attached hydrogens (tertiary/aromatic N) is 3. The molecule has 0 unspecified atom stereocenters. The van der Waals surface area contributed by atoms with Gasteiger partial charge in [-0.2, -0.15) is 13.9 Å². The molecule has 1 amide bonds. The number of rotatable bonds is 7. The van der Waals surface area contributed by atoms with Crippen LogP contribution in [0.4, 0.5) is 13.2 Å². The maximum atomic E-state index is 13.3. The third kappa shape index (κ3) is 4.28. The van der Waals surface area contributed by atoms with Crippen LogP contribution in [0.5, 0.6) is 11.5 Å². The van der Waals surface area contributed by atoms with Crippen molar-refractivity contribution >= 4 is 5.91 Å². The zero-order chi connectivity index (χ0) is 22.8. The number of hydrogen-bond acceptors (Lipinski definition) is 4. The van der Waals surface area contributed by atoms with Crippen molar-refractivity contribution in [3.63, 3.8) is 0 Å². The molecule has 4 rings (SSSR count). The van der Waals surface area contributed by atoms with Gasteiger partial charge in [0.05, 0.1) is 12.8 Å². The summed E-state index contributed by atoms with van der Waals surface area (Å²) in [4.78, 5) is 14.7. The van der Waals surface area contributed by atoms with Crippen LogP contribution in [0.15, 0.2) is 42.5 Å². The summed E-state index contributed by atoms with van der Waals surface area (Å²) in [6.45, 7) is -2.74. The third-order valence-corrected chi connectivity index (χ3v) is 5.41. The second kappa shape index (κ2) is 8.94. The molecule has 1 aliphatic carbocycles. The molecule has 0 bridgehead atoms. The van der Waals surface area contributed by atoms with Gasteiger partial charge in [0.2, 0.25) is 0 Å². The molecule has 168 valence electrons. The first kappa shape index (κ1) is 21.7. The molecule has 32 heavy (non-hydrogen) atoms. The van der Waals surface area contributed by atoms with E-state index in [-0.39, 0.29) is 29.8 Å². The predicted molar refractivity (Wildman–Crippen MR) is 111 cm³/mol. The van der Waals surface area contributed by atoms with Crippen LogP contribution >= 0.6 is 0 Å². The molecule has 1 aliphatic rings. The number of carbonyl (C=O) groups is 1. The second-order valence-electron chi connectivity index (χ2n) is 7.54. The van der Waals surface area contributed by atoms with Crippen molar-refractivity contribution in [2.75, 3.05) is 14.2 Å². The molecule has 0 atom stereocenters. The van der Waals surface area contributed by atoms with Crippen molar-refractivity contribution in [2.45, 2.75) is 32.4 Å². The zero-order valence-corrected chi connectivity index (χ0v) is 17.6. The summed E-state index contributed by atoms with van der Waals surface area (Å²) < 4.78 is 49.7. The molecule has 0 radical (unpaired) electrons. The Balaban J connectivity index is 1.57. The summed E-state index contributed by atoms with van der Waals surface area (Å²) in [6, 6.07) is 10.5. The van der Waals surface area contributed by atoms with Gasteiger partial charge < -0.3 is 14.4 Å². The Bertz CT molecular complexity index is 1130. The minimum Gasteiger partial charge on any atom is -0.493 e. The monoisotopic (exact) mass is 445 g/mol. The average molecular weight is 445 g/mol. The molecule has 1 aromatic heterocycles. The summed E-state index contributed by atoms with van der Waals surface area (Å²) >= 11 is 0. The second-order valence-corrected chi connectivity index (χ2v) is 7.54. The molecular formula is C23H22F3N3O3. The quantitative estimate of drug-likeness (QED) is 0.542. The Morgan fingerprint density at radius 3 is 2.59 bits per heavy atom. The highest BCUT2D eigenvalue weighted by molar-refractivity contribution is 5.94. The maximum absolute atomic E-state index is 13.3. The van der Waals surface area contributed by atoms with E-state index in [1.165, 1.54) is 30.2 Å². The van der Waals surface area contributed by atoms with Gasteiger partial charge in [-0.1, -0.05) is 6.07 Å². The predicted octanol–water partition coefficient (Wildman–Crippen LogP) is 4.38. The van der Waals surface area contributed by atoms with Crippen LogP contribution in [0.3, 0.4) is 0 Å². The van der Waals surface area contributed by atoms with Crippen molar-refractivity contribution < 1.29 is 27.4 Å². The molecular weight excluding hydrogens is 423 g/mol. The Morgan fingerprint density at radius 2 is 1.91 bits per heavy atom. The normalized spacial score (nSPS) is 12.7. The summed E-state index contributed by atoms with van der Waals surface area (Å²) in [5.41, 5.74) is 3.63. The molecule has 6 nitrogen and oxygen atoms in total. The molecule has 0 N–H and O–H groups in total. The fourth-order valence-electron chi connectivity index (χ4n) is 3.94. The largest absolute Gasteiger partial charge is 0.493 e. The molecule has 1 heterocycles. The molecule has 9 heteroatoms. The topological polar surface area (TPSA) is 56.6 Å². The van der Waals surface area contributed by atoms with Gasteiger partial charge in [-0.3, -0.25) is 4.79 Å². The van der Waals surface area contributed by atoms with Crippen molar-refractivity contribution in [2.24, 2.45) is 0 Å². The van der Waals surface area contributed by atoms with Crippen molar-refractivity contribution in [1.29, 1.82) is 0 Å². The van der Waals surface area contributed by atoms with Gasteiger partial charge >= 0.3 is 6.61 Å². The Kier molecular flexibility index (Phi) is 6.07. The molecule has 0 fully saturated rings. The lowest BCUT2D eigenvalue weighted by Crippen LogP contribution is -2.27. The number of carbonyl (C=O) groups excluding carboxylic acids is 1. The van der Waals surface area contributed by atoms with Gasteiger partial charge in [0, 0.05) is 24.8 Å². The molecule has 3 aromatic rings. The van der Waals surface area contributed by atoms with Gasteiger partial charge in [-0.25, -0.2) is 9.07 Å². The number of halogens is 3. The van der Waals surface area contributed by atoms with Crippen LogP contribution in [0.25, 0.3) is 5.69 Å². The van der Waals surface area contributed by atoms with Gasteiger partial charge in [-0.05, 0) is 61.2 Å². The molecule has 2 aromatic carbocycles. The first-order valence-corrected chi connectivity index (χ1v) is 10.1. The number of hydrogen-bond donors (Lipinski definition) is 0. The summed E-state index contributed by atoms with van der Waals surface area (Å²) in [5.74, 6) is -0.508. The molecule has 0 saturated carbocycles. The number of fused-ring (bicyclic) bond motifs is 1. The van der Waals surface area contributed by atoms with Crippen molar-refractivity contribution in [3.05, 3.63) is 70.8 Å². The van der Waals surface area contributed by atoms with Crippen molar-refractivity contribution in [1.82, 2.24) is 14.7 Å². The Hall–Kier alpha value is -3.49. The van der Waals surface area contributed by atoms with E-state index >= 15 is 0 Å². The summed E-state index contributed by atoms with van der Waals surface area (Å²) in [7, 11) is 3.01. The molecule has 0 aliphatic heterocycles. The lowest BCUT2D eigenvalue weighted by molar-refractivity contribution is -0.0512. The van der Waals surface area contributed by atoms with Gasteiger partial charge in [0.25, 0.3) is 5.91 Å². The number of aromatic nitrogens is 2. The highest BCUT2D eigenvalue weighted by Crippen LogP contribution is 2.31. The van der Waals surface area contributed by atoms with E-state index in [2.05, 4.69) is 9.84 Å².